The van der Waals surface area contributed by atoms with E-state index in [0.717, 1.165) is 5.56 Å². The van der Waals surface area contributed by atoms with Crippen molar-refractivity contribution in [3.05, 3.63) is 66.2 Å². The number of para-hydroxylation sites is 1. The molecule has 1 aliphatic rings. The van der Waals surface area contributed by atoms with E-state index in [-0.39, 0.29) is 11.9 Å². The van der Waals surface area contributed by atoms with E-state index >= 15 is 0 Å². The Morgan fingerprint density at radius 2 is 1.40 bits per heavy atom. The topological polar surface area (TPSA) is 40.6 Å². The van der Waals surface area contributed by atoms with Gasteiger partial charge in [0, 0.05) is 7.05 Å². The van der Waals surface area contributed by atoms with Gasteiger partial charge in [0.2, 0.25) is 0 Å². The molecule has 2 aromatic carbocycles. The van der Waals surface area contributed by atoms with Crippen LogP contribution in [0.4, 0.5) is 10.5 Å². The SMILES string of the molecule is CN1C(=O)N(c2ccccc2)C(=O)C1c1ccccc1. The lowest BCUT2D eigenvalue weighted by atomic mass is 10.1. The van der Waals surface area contributed by atoms with Gasteiger partial charge in [-0.05, 0) is 17.7 Å². The number of anilines is 1. The Morgan fingerprint density at radius 3 is 2.00 bits per heavy atom. The zero-order chi connectivity index (χ0) is 14.1. The van der Waals surface area contributed by atoms with E-state index < -0.39 is 6.04 Å². The first kappa shape index (κ1) is 12.4. The molecule has 1 fully saturated rings. The second-order valence-electron chi connectivity index (χ2n) is 4.72. The molecule has 0 N–H and O–H groups in total. The van der Waals surface area contributed by atoms with E-state index in [1.165, 1.54) is 9.80 Å². The monoisotopic (exact) mass is 266 g/mol. The molecule has 4 heteroatoms. The number of benzene rings is 2. The van der Waals surface area contributed by atoms with Gasteiger partial charge in [-0.25, -0.2) is 9.69 Å². The number of carbonyl (C=O) groups excluding carboxylic acids is 2. The summed E-state index contributed by atoms with van der Waals surface area (Å²) in [6.07, 6.45) is 0. The molecule has 1 atom stereocenters. The minimum absolute atomic E-state index is 0.213. The van der Waals surface area contributed by atoms with E-state index in [0.29, 0.717) is 5.69 Å². The van der Waals surface area contributed by atoms with E-state index in [4.69, 9.17) is 0 Å². The van der Waals surface area contributed by atoms with Crippen molar-refractivity contribution in [1.82, 2.24) is 4.90 Å². The van der Waals surface area contributed by atoms with E-state index in [2.05, 4.69) is 0 Å². The summed E-state index contributed by atoms with van der Waals surface area (Å²) < 4.78 is 0. The second kappa shape index (κ2) is 4.81. The van der Waals surface area contributed by atoms with Crippen molar-refractivity contribution in [3.63, 3.8) is 0 Å². The minimum atomic E-state index is -0.552. The van der Waals surface area contributed by atoms with Crippen molar-refractivity contribution < 1.29 is 9.59 Å². The molecule has 2 aromatic rings. The number of hydrogen-bond acceptors (Lipinski definition) is 2. The summed E-state index contributed by atoms with van der Waals surface area (Å²) in [5.41, 5.74) is 1.43. The molecular weight excluding hydrogens is 252 g/mol. The van der Waals surface area contributed by atoms with Crippen LogP contribution in [0.15, 0.2) is 60.7 Å². The fourth-order valence-electron chi connectivity index (χ4n) is 2.47. The van der Waals surface area contributed by atoms with Gasteiger partial charge in [0.15, 0.2) is 0 Å². The van der Waals surface area contributed by atoms with Crippen LogP contribution in [0.2, 0.25) is 0 Å². The van der Waals surface area contributed by atoms with Gasteiger partial charge in [-0.15, -0.1) is 0 Å². The highest BCUT2D eigenvalue weighted by atomic mass is 16.2. The summed E-state index contributed by atoms with van der Waals surface area (Å²) in [5, 5.41) is 0. The fraction of sp³-hybridized carbons (Fsp3) is 0.125. The van der Waals surface area contributed by atoms with Crippen LogP contribution < -0.4 is 4.90 Å². The smallest absolute Gasteiger partial charge is 0.311 e. The Bertz CT molecular complexity index is 640. The molecule has 0 saturated carbocycles. The summed E-state index contributed by atoms with van der Waals surface area (Å²) in [5.74, 6) is -0.213. The van der Waals surface area contributed by atoms with Crippen LogP contribution in [-0.2, 0) is 4.79 Å². The van der Waals surface area contributed by atoms with Crippen LogP contribution in [0, 0.1) is 0 Å². The number of imide groups is 1. The predicted octanol–water partition coefficient (Wildman–Crippen LogP) is 2.83. The summed E-state index contributed by atoms with van der Waals surface area (Å²) >= 11 is 0. The summed E-state index contributed by atoms with van der Waals surface area (Å²) in [7, 11) is 1.65. The Morgan fingerprint density at radius 1 is 0.850 bits per heavy atom. The highest BCUT2D eigenvalue weighted by molar-refractivity contribution is 6.21. The molecule has 3 rings (SSSR count). The lowest BCUT2D eigenvalue weighted by Crippen LogP contribution is -2.31. The first-order valence-electron chi connectivity index (χ1n) is 6.41. The lowest BCUT2D eigenvalue weighted by molar-refractivity contribution is -0.119. The highest BCUT2D eigenvalue weighted by Gasteiger charge is 2.44. The first-order valence-corrected chi connectivity index (χ1v) is 6.41. The largest absolute Gasteiger partial charge is 0.332 e. The third-order valence-corrected chi connectivity index (χ3v) is 3.46. The Hall–Kier alpha value is -2.62. The van der Waals surface area contributed by atoms with E-state index in [1.54, 1.807) is 19.2 Å². The molecule has 1 unspecified atom stereocenters. The van der Waals surface area contributed by atoms with Gasteiger partial charge in [-0.1, -0.05) is 48.5 Å². The van der Waals surface area contributed by atoms with Crippen molar-refractivity contribution >= 4 is 17.6 Å². The third-order valence-electron chi connectivity index (χ3n) is 3.46. The van der Waals surface area contributed by atoms with Gasteiger partial charge in [0.25, 0.3) is 5.91 Å². The quantitative estimate of drug-likeness (QED) is 0.784. The van der Waals surface area contributed by atoms with E-state index in [9.17, 15) is 9.59 Å². The Kier molecular flexibility index (Phi) is 2.99. The van der Waals surface area contributed by atoms with Gasteiger partial charge < -0.3 is 4.90 Å². The molecule has 4 nitrogen and oxygen atoms in total. The van der Waals surface area contributed by atoms with Crippen molar-refractivity contribution in [1.29, 1.82) is 0 Å². The van der Waals surface area contributed by atoms with Crippen LogP contribution in [-0.4, -0.2) is 23.9 Å². The van der Waals surface area contributed by atoms with Gasteiger partial charge in [0.05, 0.1) is 5.69 Å². The third kappa shape index (κ3) is 1.86. The maximum atomic E-state index is 12.6. The van der Waals surface area contributed by atoms with Gasteiger partial charge in [-0.2, -0.15) is 0 Å². The number of urea groups is 1. The van der Waals surface area contributed by atoms with Crippen molar-refractivity contribution in [2.45, 2.75) is 6.04 Å². The Balaban J connectivity index is 2.01. The predicted molar refractivity (Wildman–Crippen MR) is 76.3 cm³/mol. The number of carbonyl (C=O) groups is 2. The molecule has 100 valence electrons. The number of rotatable bonds is 2. The standard InChI is InChI=1S/C16H14N2O2/c1-17-14(12-8-4-2-5-9-12)15(19)18(16(17)20)13-10-6-3-7-11-13/h2-11,14H,1H3. The maximum absolute atomic E-state index is 12.6. The molecule has 0 aliphatic carbocycles. The van der Waals surface area contributed by atoms with Crippen LogP contribution in [0.5, 0.6) is 0 Å². The van der Waals surface area contributed by atoms with Crippen LogP contribution in [0.1, 0.15) is 11.6 Å². The number of likely N-dealkylation sites (N-methyl/N-ethyl adjacent to an activating group) is 1. The zero-order valence-corrected chi connectivity index (χ0v) is 11.1. The van der Waals surface area contributed by atoms with Crippen LogP contribution >= 0.6 is 0 Å². The van der Waals surface area contributed by atoms with Crippen molar-refractivity contribution in [2.75, 3.05) is 11.9 Å². The molecule has 20 heavy (non-hydrogen) atoms. The fourth-order valence-corrected chi connectivity index (χ4v) is 2.47. The average Bonchev–Trinajstić information content (AvgIpc) is 2.71. The van der Waals surface area contributed by atoms with E-state index in [1.807, 2.05) is 48.5 Å². The number of amides is 3. The number of nitrogens with zero attached hydrogens (tertiary/aromatic N) is 2. The van der Waals surface area contributed by atoms with Gasteiger partial charge >= 0.3 is 6.03 Å². The maximum Gasteiger partial charge on any atom is 0.332 e. The molecule has 3 amide bonds. The molecule has 1 saturated heterocycles. The first-order chi connectivity index (χ1) is 9.70. The van der Waals surface area contributed by atoms with Crippen LogP contribution in [0.25, 0.3) is 0 Å². The van der Waals surface area contributed by atoms with Gasteiger partial charge in [-0.3, -0.25) is 4.79 Å². The normalized spacial score (nSPS) is 18.8. The van der Waals surface area contributed by atoms with Gasteiger partial charge in [0.1, 0.15) is 6.04 Å². The Labute approximate surface area is 117 Å². The average molecular weight is 266 g/mol. The van der Waals surface area contributed by atoms with Crippen molar-refractivity contribution in [2.24, 2.45) is 0 Å². The summed E-state index contributed by atoms with van der Waals surface area (Å²) in [6.45, 7) is 0. The summed E-state index contributed by atoms with van der Waals surface area (Å²) in [4.78, 5) is 27.6. The molecule has 0 aromatic heterocycles. The lowest BCUT2D eigenvalue weighted by Gasteiger charge is -2.15. The molecule has 1 aliphatic heterocycles. The molecule has 1 heterocycles. The van der Waals surface area contributed by atoms with Crippen molar-refractivity contribution in [3.8, 4) is 0 Å². The zero-order valence-electron chi connectivity index (χ0n) is 11.1. The minimum Gasteiger partial charge on any atom is -0.311 e. The molecule has 0 bridgehead atoms. The molecular formula is C16H14N2O2. The molecule has 0 radical (unpaired) electrons. The molecule has 0 spiro atoms. The second-order valence-corrected chi connectivity index (χ2v) is 4.72. The highest BCUT2D eigenvalue weighted by Crippen LogP contribution is 2.32. The summed E-state index contributed by atoms with van der Waals surface area (Å²) in [6, 6.07) is 17.5. The van der Waals surface area contributed by atoms with Crippen LogP contribution in [0.3, 0.4) is 0 Å². The number of hydrogen-bond donors (Lipinski definition) is 0.